The second-order valence-electron chi connectivity index (χ2n) is 4.77. The Labute approximate surface area is 137 Å². The van der Waals surface area contributed by atoms with Crippen molar-refractivity contribution in [2.45, 2.75) is 25.3 Å². The molecule has 1 fully saturated rings. The Morgan fingerprint density at radius 3 is 2.50 bits per heavy atom. The van der Waals surface area contributed by atoms with Crippen molar-refractivity contribution in [1.82, 2.24) is 5.32 Å². The molecule has 0 aromatic heterocycles. The highest BCUT2D eigenvalue weighted by atomic mass is 79.9. The summed E-state index contributed by atoms with van der Waals surface area (Å²) < 4.78 is 27.5. The number of rotatable bonds is 4. The lowest BCUT2D eigenvalue weighted by molar-refractivity contribution is 0.424. The minimum atomic E-state index is -3.49. The van der Waals surface area contributed by atoms with E-state index in [2.05, 4.69) is 26.0 Å². The van der Waals surface area contributed by atoms with Gasteiger partial charge >= 0.3 is 0 Å². The van der Waals surface area contributed by atoms with Gasteiger partial charge in [-0.2, -0.15) is 0 Å². The van der Waals surface area contributed by atoms with E-state index in [0.717, 1.165) is 25.8 Å². The molecule has 1 saturated heterocycles. The molecule has 0 saturated carbocycles. The van der Waals surface area contributed by atoms with Crippen LogP contribution in [0.5, 0.6) is 0 Å². The third-order valence-corrected chi connectivity index (χ3v) is 5.51. The number of piperidine rings is 1. The van der Waals surface area contributed by atoms with Gasteiger partial charge in [-0.25, -0.2) is 8.42 Å². The molecule has 0 bridgehead atoms. The molecule has 1 heterocycles. The summed E-state index contributed by atoms with van der Waals surface area (Å²) >= 11 is 15.3. The van der Waals surface area contributed by atoms with Crippen LogP contribution in [0.3, 0.4) is 0 Å². The number of halogens is 3. The first-order valence-corrected chi connectivity index (χ1v) is 9.46. The van der Waals surface area contributed by atoms with E-state index < -0.39 is 10.0 Å². The van der Waals surface area contributed by atoms with Crippen LogP contribution in [-0.2, 0) is 10.0 Å². The van der Waals surface area contributed by atoms with Crippen LogP contribution in [0.15, 0.2) is 16.6 Å². The standard InChI is InChI=1S/C12H15BrCl2N2O2S/c13-8-5-10(14)12(11(15)6-8)17-20(18,19)7-9-3-1-2-4-16-9/h5-6,9,16-17H,1-4,7H2. The summed E-state index contributed by atoms with van der Waals surface area (Å²) in [4.78, 5) is 0. The summed E-state index contributed by atoms with van der Waals surface area (Å²) in [7, 11) is -3.49. The molecule has 1 atom stereocenters. The summed E-state index contributed by atoms with van der Waals surface area (Å²) in [5, 5.41) is 3.74. The van der Waals surface area contributed by atoms with Crippen molar-refractivity contribution in [2.75, 3.05) is 17.0 Å². The van der Waals surface area contributed by atoms with Crippen molar-refractivity contribution in [2.24, 2.45) is 0 Å². The summed E-state index contributed by atoms with van der Waals surface area (Å²) in [6.45, 7) is 0.861. The first kappa shape index (κ1) is 16.4. The first-order chi connectivity index (χ1) is 9.37. The SMILES string of the molecule is O=S(=O)(CC1CCCCN1)Nc1c(Cl)cc(Br)cc1Cl. The maximum absolute atomic E-state index is 12.2. The molecule has 2 N–H and O–H groups in total. The van der Waals surface area contributed by atoms with E-state index in [-0.39, 0.29) is 27.5 Å². The molecule has 0 amide bonds. The van der Waals surface area contributed by atoms with Gasteiger partial charge in [-0.3, -0.25) is 4.72 Å². The van der Waals surface area contributed by atoms with Crippen LogP contribution in [0.4, 0.5) is 5.69 Å². The highest BCUT2D eigenvalue weighted by Crippen LogP contribution is 2.34. The molecule has 4 nitrogen and oxygen atoms in total. The number of nitrogens with one attached hydrogen (secondary N) is 2. The van der Waals surface area contributed by atoms with E-state index in [9.17, 15) is 8.42 Å². The van der Waals surface area contributed by atoms with E-state index in [0.29, 0.717) is 4.47 Å². The van der Waals surface area contributed by atoms with Gasteiger partial charge in [-0.1, -0.05) is 45.6 Å². The van der Waals surface area contributed by atoms with E-state index in [1.54, 1.807) is 12.1 Å². The Bertz CT molecular complexity index is 566. The van der Waals surface area contributed by atoms with Gasteiger partial charge in [-0.15, -0.1) is 0 Å². The first-order valence-electron chi connectivity index (χ1n) is 6.26. The van der Waals surface area contributed by atoms with Gasteiger partial charge < -0.3 is 5.32 Å². The fourth-order valence-corrected chi connectivity index (χ4v) is 5.01. The topological polar surface area (TPSA) is 58.2 Å². The molecule has 20 heavy (non-hydrogen) atoms. The van der Waals surface area contributed by atoms with Crippen molar-refractivity contribution in [3.05, 3.63) is 26.7 Å². The smallest absolute Gasteiger partial charge is 0.234 e. The number of anilines is 1. The van der Waals surface area contributed by atoms with Crippen molar-refractivity contribution >= 4 is 54.8 Å². The lowest BCUT2D eigenvalue weighted by Gasteiger charge is -2.23. The van der Waals surface area contributed by atoms with Crippen molar-refractivity contribution < 1.29 is 8.42 Å². The average Bonchev–Trinajstić information content (AvgIpc) is 2.34. The number of hydrogen-bond acceptors (Lipinski definition) is 3. The Balaban J connectivity index is 2.11. The van der Waals surface area contributed by atoms with Crippen molar-refractivity contribution in [3.63, 3.8) is 0 Å². The van der Waals surface area contributed by atoms with Gasteiger partial charge in [-0.05, 0) is 31.5 Å². The third-order valence-electron chi connectivity index (χ3n) is 3.10. The maximum Gasteiger partial charge on any atom is 0.234 e. The van der Waals surface area contributed by atoms with Crippen LogP contribution in [-0.4, -0.2) is 26.8 Å². The van der Waals surface area contributed by atoms with E-state index in [1.807, 2.05) is 0 Å². The van der Waals surface area contributed by atoms with Crippen LogP contribution >= 0.6 is 39.1 Å². The largest absolute Gasteiger partial charge is 0.313 e. The molecule has 1 unspecified atom stereocenters. The van der Waals surface area contributed by atoms with E-state index >= 15 is 0 Å². The second kappa shape index (κ2) is 6.83. The third kappa shape index (κ3) is 4.49. The molecule has 2 rings (SSSR count). The molecular formula is C12H15BrCl2N2O2S. The van der Waals surface area contributed by atoms with Gasteiger partial charge in [0.1, 0.15) is 0 Å². The zero-order valence-electron chi connectivity index (χ0n) is 10.6. The lowest BCUT2D eigenvalue weighted by Crippen LogP contribution is -2.40. The summed E-state index contributed by atoms with van der Waals surface area (Å²) in [6, 6.07) is 3.18. The van der Waals surface area contributed by atoms with Crippen molar-refractivity contribution in [1.29, 1.82) is 0 Å². The highest BCUT2D eigenvalue weighted by Gasteiger charge is 2.22. The normalized spacial score (nSPS) is 19.9. The molecule has 1 aromatic rings. The van der Waals surface area contributed by atoms with Crippen LogP contribution in [0.25, 0.3) is 0 Å². The summed E-state index contributed by atoms with van der Waals surface area (Å²) in [5.41, 5.74) is 0.229. The molecule has 8 heteroatoms. The fraction of sp³-hybridized carbons (Fsp3) is 0.500. The summed E-state index contributed by atoms with van der Waals surface area (Å²) in [5.74, 6) is 0.0235. The second-order valence-corrected chi connectivity index (χ2v) is 8.27. The molecule has 0 radical (unpaired) electrons. The van der Waals surface area contributed by atoms with Gasteiger partial charge in [0.25, 0.3) is 0 Å². The molecule has 0 spiro atoms. The van der Waals surface area contributed by atoms with Gasteiger partial charge in [0.15, 0.2) is 0 Å². The molecular weight excluding hydrogens is 387 g/mol. The summed E-state index contributed by atoms with van der Waals surface area (Å²) in [6.07, 6.45) is 3.00. The number of benzene rings is 1. The van der Waals surface area contributed by atoms with Crippen LogP contribution in [0, 0.1) is 0 Å². The molecule has 1 aliphatic heterocycles. The van der Waals surface area contributed by atoms with Gasteiger partial charge in [0.2, 0.25) is 10.0 Å². The van der Waals surface area contributed by atoms with Crippen LogP contribution < -0.4 is 10.0 Å². The predicted molar refractivity (Wildman–Crippen MR) is 87.2 cm³/mol. The molecule has 1 aliphatic rings. The van der Waals surface area contributed by atoms with Crippen LogP contribution in [0.2, 0.25) is 10.0 Å². The van der Waals surface area contributed by atoms with Gasteiger partial charge in [0, 0.05) is 10.5 Å². The fourth-order valence-electron chi connectivity index (χ4n) is 2.17. The zero-order valence-corrected chi connectivity index (χ0v) is 14.5. The Kier molecular flexibility index (Phi) is 5.59. The minimum Gasteiger partial charge on any atom is -0.313 e. The van der Waals surface area contributed by atoms with Gasteiger partial charge in [0.05, 0.1) is 21.5 Å². The predicted octanol–water partition coefficient (Wildman–Crippen LogP) is 3.64. The quantitative estimate of drug-likeness (QED) is 0.809. The lowest BCUT2D eigenvalue weighted by atomic mass is 10.1. The number of sulfonamides is 1. The van der Waals surface area contributed by atoms with E-state index in [1.165, 1.54) is 0 Å². The average molecular weight is 402 g/mol. The van der Waals surface area contributed by atoms with Crippen LogP contribution in [0.1, 0.15) is 19.3 Å². The Morgan fingerprint density at radius 2 is 1.95 bits per heavy atom. The highest BCUT2D eigenvalue weighted by molar-refractivity contribution is 9.10. The van der Waals surface area contributed by atoms with E-state index in [4.69, 9.17) is 23.2 Å². The maximum atomic E-state index is 12.2. The number of hydrogen-bond donors (Lipinski definition) is 2. The minimum absolute atomic E-state index is 0.0192. The monoisotopic (exact) mass is 400 g/mol. The molecule has 112 valence electrons. The Hall–Kier alpha value is -0.0100. The van der Waals surface area contributed by atoms with Crippen molar-refractivity contribution in [3.8, 4) is 0 Å². The Morgan fingerprint density at radius 1 is 1.30 bits per heavy atom. The molecule has 0 aliphatic carbocycles. The zero-order chi connectivity index (χ0) is 14.8. The molecule has 1 aromatic carbocycles.